The molecule has 150 valence electrons. The van der Waals surface area contributed by atoms with Crippen LogP contribution in [0.5, 0.6) is 0 Å². The van der Waals surface area contributed by atoms with Gasteiger partial charge < -0.3 is 10.2 Å². The Kier molecular flexibility index (Phi) is 6.28. The van der Waals surface area contributed by atoms with Gasteiger partial charge in [-0.05, 0) is 54.7 Å². The van der Waals surface area contributed by atoms with E-state index in [4.69, 9.17) is 5.26 Å². The molecule has 6 heteroatoms. The fourth-order valence-electron chi connectivity index (χ4n) is 3.73. The van der Waals surface area contributed by atoms with Crippen LogP contribution in [-0.4, -0.2) is 35.8 Å². The first-order chi connectivity index (χ1) is 13.9. The number of carbonyl (C=O) groups excluding carboxylic acids is 2. The van der Waals surface area contributed by atoms with Crippen LogP contribution in [0.25, 0.3) is 11.1 Å². The third-order valence-corrected chi connectivity index (χ3v) is 5.51. The molecule has 2 amide bonds. The van der Waals surface area contributed by atoms with Crippen molar-refractivity contribution in [2.24, 2.45) is 0 Å². The molecule has 0 heterocycles. The fraction of sp³-hybridized carbons (Fsp3) is 0.348. The lowest BCUT2D eigenvalue weighted by atomic mass is 10.0. The minimum absolute atomic E-state index is 0.00664. The third-order valence-electron chi connectivity index (χ3n) is 5.51. The van der Waals surface area contributed by atoms with E-state index in [2.05, 4.69) is 5.32 Å². The van der Waals surface area contributed by atoms with Crippen molar-refractivity contribution < 1.29 is 14.0 Å². The van der Waals surface area contributed by atoms with E-state index in [1.54, 1.807) is 48.3 Å². The molecular weight excluding hydrogens is 369 g/mol. The molecule has 0 spiro atoms. The van der Waals surface area contributed by atoms with Crippen molar-refractivity contribution in [3.63, 3.8) is 0 Å². The van der Waals surface area contributed by atoms with Crippen LogP contribution in [0.2, 0.25) is 0 Å². The number of nitrogens with one attached hydrogen (secondary N) is 1. The Bertz CT molecular complexity index is 950. The van der Waals surface area contributed by atoms with Gasteiger partial charge in [-0.2, -0.15) is 5.26 Å². The van der Waals surface area contributed by atoms with Crippen LogP contribution in [0.4, 0.5) is 4.39 Å². The van der Waals surface area contributed by atoms with E-state index in [1.807, 2.05) is 6.92 Å². The molecule has 0 saturated heterocycles. The number of nitrogens with zero attached hydrogens (tertiary/aromatic N) is 2. The van der Waals surface area contributed by atoms with Crippen LogP contribution in [0.3, 0.4) is 0 Å². The quantitative estimate of drug-likeness (QED) is 0.838. The summed E-state index contributed by atoms with van der Waals surface area (Å²) in [5.41, 5.74) is 1.99. The summed E-state index contributed by atoms with van der Waals surface area (Å²) >= 11 is 0. The summed E-state index contributed by atoms with van der Waals surface area (Å²) in [4.78, 5) is 26.2. The van der Waals surface area contributed by atoms with Gasteiger partial charge in [-0.1, -0.05) is 25.1 Å². The zero-order valence-electron chi connectivity index (χ0n) is 16.6. The highest BCUT2D eigenvalue weighted by Gasteiger charge is 2.30. The fourth-order valence-corrected chi connectivity index (χ4v) is 3.73. The van der Waals surface area contributed by atoms with E-state index >= 15 is 0 Å². The van der Waals surface area contributed by atoms with E-state index in [-0.39, 0.29) is 29.5 Å². The van der Waals surface area contributed by atoms with Crippen LogP contribution in [0, 0.1) is 17.1 Å². The van der Waals surface area contributed by atoms with Crippen LogP contribution >= 0.6 is 0 Å². The Labute approximate surface area is 170 Å². The number of nitriles is 1. The minimum Gasteiger partial charge on any atom is -0.353 e. The highest BCUT2D eigenvalue weighted by atomic mass is 19.1. The summed E-state index contributed by atoms with van der Waals surface area (Å²) in [5, 5.41) is 11.8. The third kappa shape index (κ3) is 4.62. The molecule has 2 atom stereocenters. The van der Waals surface area contributed by atoms with Crippen molar-refractivity contribution in [3.05, 3.63) is 59.4 Å². The molecule has 1 N–H and O–H groups in total. The molecule has 2 aromatic rings. The Morgan fingerprint density at radius 2 is 1.86 bits per heavy atom. The van der Waals surface area contributed by atoms with Gasteiger partial charge in [-0.15, -0.1) is 0 Å². The average Bonchev–Trinajstić information content (AvgIpc) is 3.21. The van der Waals surface area contributed by atoms with Gasteiger partial charge >= 0.3 is 0 Å². The molecule has 2 unspecified atom stereocenters. The molecule has 5 nitrogen and oxygen atoms in total. The Balaban J connectivity index is 1.67. The molecule has 0 radical (unpaired) electrons. The van der Waals surface area contributed by atoms with Gasteiger partial charge in [0, 0.05) is 31.1 Å². The van der Waals surface area contributed by atoms with Crippen molar-refractivity contribution in [2.75, 3.05) is 7.05 Å². The molecule has 1 aliphatic rings. The first-order valence-corrected chi connectivity index (χ1v) is 9.79. The van der Waals surface area contributed by atoms with Gasteiger partial charge in [0.1, 0.15) is 11.9 Å². The number of carbonyl (C=O) groups is 2. The van der Waals surface area contributed by atoms with E-state index in [1.165, 1.54) is 12.1 Å². The standard InChI is InChI=1S/C23H24FN3O2/c1-3-22(28)26-19-10-11-20(13-19)27(2)23(29)16-6-4-15(5-7-16)17-8-9-18(14-25)21(24)12-17/h4-9,12,19-20H,3,10-11,13H2,1-2H3,(H,26,28). The maximum Gasteiger partial charge on any atom is 0.253 e. The lowest BCUT2D eigenvalue weighted by Crippen LogP contribution is -2.38. The van der Waals surface area contributed by atoms with E-state index in [0.29, 0.717) is 17.5 Å². The Hall–Kier alpha value is -3.20. The number of amides is 2. The molecule has 1 saturated carbocycles. The summed E-state index contributed by atoms with van der Waals surface area (Å²) in [6.45, 7) is 1.83. The van der Waals surface area contributed by atoms with Gasteiger partial charge in [0.15, 0.2) is 0 Å². The summed E-state index contributed by atoms with van der Waals surface area (Å²) in [7, 11) is 1.79. The molecule has 0 aromatic heterocycles. The first kappa shape index (κ1) is 20.5. The molecule has 1 fully saturated rings. The Morgan fingerprint density at radius 1 is 1.17 bits per heavy atom. The van der Waals surface area contributed by atoms with Crippen LogP contribution < -0.4 is 5.32 Å². The zero-order chi connectivity index (χ0) is 21.0. The summed E-state index contributed by atoms with van der Waals surface area (Å²) in [6.07, 6.45) is 2.96. The molecule has 29 heavy (non-hydrogen) atoms. The predicted molar refractivity (Wildman–Crippen MR) is 109 cm³/mol. The minimum atomic E-state index is -0.559. The topological polar surface area (TPSA) is 73.2 Å². The zero-order valence-corrected chi connectivity index (χ0v) is 16.6. The molecule has 0 bridgehead atoms. The van der Waals surface area contributed by atoms with E-state index < -0.39 is 5.82 Å². The predicted octanol–water partition coefficient (Wildman–Crippen LogP) is 3.88. The second-order valence-electron chi connectivity index (χ2n) is 7.38. The second kappa shape index (κ2) is 8.87. The van der Waals surface area contributed by atoms with Gasteiger partial charge in [0.25, 0.3) is 5.91 Å². The van der Waals surface area contributed by atoms with Crippen molar-refractivity contribution >= 4 is 11.8 Å². The summed E-state index contributed by atoms with van der Waals surface area (Å²) in [5.74, 6) is -0.592. The number of hydrogen-bond acceptors (Lipinski definition) is 3. The van der Waals surface area contributed by atoms with Gasteiger partial charge in [0.05, 0.1) is 5.56 Å². The van der Waals surface area contributed by atoms with Gasteiger partial charge in [-0.3, -0.25) is 9.59 Å². The maximum absolute atomic E-state index is 13.8. The first-order valence-electron chi connectivity index (χ1n) is 9.79. The average molecular weight is 393 g/mol. The largest absolute Gasteiger partial charge is 0.353 e. The lowest BCUT2D eigenvalue weighted by molar-refractivity contribution is -0.121. The van der Waals surface area contributed by atoms with Gasteiger partial charge in [-0.25, -0.2) is 4.39 Å². The number of halogens is 1. The van der Waals surface area contributed by atoms with Gasteiger partial charge in [0.2, 0.25) is 5.91 Å². The second-order valence-corrected chi connectivity index (χ2v) is 7.38. The molecule has 3 rings (SSSR count). The van der Waals surface area contributed by atoms with Crippen molar-refractivity contribution in [1.29, 1.82) is 5.26 Å². The molecule has 1 aliphatic carbocycles. The number of rotatable bonds is 5. The lowest BCUT2D eigenvalue weighted by Gasteiger charge is -2.25. The Morgan fingerprint density at radius 3 is 2.48 bits per heavy atom. The van der Waals surface area contributed by atoms with Crippen LogP contribution in [-0.2, 0) is 4.79 Å². The highest BCUT2D eigenvalue weighted by Crippen LogP contribution is 2.26. The molecule has 2 aromatic carbocycles. The summed E-state index contributed by atoms with van der Waals surface area (Å²) in [6, 6.07) is 13.5. The monoisotopic (exact) mass is 393 g/mol. The SMILES string of the molecule is CCC(=O)NC1CCC(N(C)C(=O)c2ccc(-c3ccc(C#N)c(F)c3)cc2)C1. The smallest absolute Gasteiger partial charge is 0.253 e. The summed E-state index contributed by atoms with van der Waals surface area (Å²) < 4.78 is 13.8. The van der Waals surface area contributed by atoms with Crippen LogP contribution in [0.15, 0.2) is 42.5 Å². The number of benzene rings is 2. The van der Waals surface area contributed by atoms with E-state index in [0.717, 1.165) is 24.8 Å². The van der Waals surface area contributed by atoms with Crippen molar-refractivity contribution in [1.82, 2.24) is 10.2 Å². The highest BCUT2D eigenvalue weighted by molar-refractivity contribution is 5.94. The maximum atomic E-state index is 13.8. The van der Waals surface area contributed by atoms with Crippen molar-refractivity contribution in [3.8, 4) is 17.2 Å². The number of hydrogen-bond donors (Lipinski definition) is 1. The van der Waals surface area contributed by atoms with E-state index in [9.17, 15) is 14.0 Å². The van der Waals surface area contributed by atoms with Crippen molar-refractivity contribution in [2.45, 2.75) is 44.7 Å². The molecular formula is C23H24FN3O2. The normalized spacial score (nSPS) is 18.1. The van der Waals surface area contributed by atoms with Crippen LogP contribution in [0.1, 0.15) is 48.5 Å². The molecule has 0 aliphatic heterocycles.